The van der Waals surface area contributed by atoms with Crippen molar-refractivity contribution in [2.24, 2.45) is 0 Å². The molecular weight excluding hydrogens is 198 g/mol. The number of alkyl halides is 1. The summed E-state index contributed by atoms with van der Waals surface area (Å²) >= 11 is 0. The number of piperazine rings is 1. The molecule has 0 bridgehead atoms. The lowest BCUT2D eigenvalue weighted by atomic mass is 10.2. The van der Waals surface area contributed by atoms with Crippen LogP contribution in [0, 0.1) is 5.82 Å². The number of nitrogens with one attached hydrogen (secondary N) is 1. The lowest BCUT2D eigenvalue weighted by Crippen LogP contribution is -2.51. The second-order valence-electron chi connectivity index (χ2n) is 3.73. The first-order valence-electron chi connectivity index (χ1n) is 5.09. The normalized spacial score (nSPS) is 21.7. The Kier molecular flexibility index (Phi) is 3.16. The van der Waals surface area contributed by atoms with Gasteiger partial charge in [0.2, 0.25) is 0 Å². The molecule has 2 rings (SSSR count). The topological polar surface area (TPSA) is 15.3 Å². The van der Waals surface area contributed by atoms with Crippen molar-refractivity contribution in [2.75, 3.05) is 31.2 Å². The Balaban J connectivity index is 2.06. The molecule has 0 aliphatic carbocycles. The van der Waals surface area contributed by atoms with Gasteiger partial charge in [0.15, 0.2) is 0 Å². The minimum Gasteiger partial charge on any atom is -0.369 e. The maximum absolute atomic E-state index is 12.7. The first kappa shape index (κ1) is 10.4. The van der Waals surface area contributed by atoms with Crippen molar-refractivity contribution in [1.29, 1.82) is 0 Å². The summed E-state index contributed by atoms with van der Waals surface area (Å²) < 4.78 is 25.2. The van der Waals surface area contributed by atoms with Crippen LogP contribution in [-0.2, 0) is 0 Å². The summed E-state index contributed by atoms with van der Waals surface area (Å²) in [6.07, 6.45) is 0. The molecule has 2 nitrogen and oxygen atoms in total. The van der Waals surface area contributed by atoms with Crippen molar-refractivity contribution < 1.29 is 8.78 Å². The van der Waals surface area contributed by atoms with E-state index < -0.39 is 0 Å². The van der Waals surface area contributed by atoms with Crippen LogP contribution in [0.2, 0.25) is 0 Å². The quantitative estimate of drug-likeness (QED) is 0.800. The van der Waals surface area contributed by atoms with E-state index in [4.69, 9.17) is 0 Å². The second kappa shape index (κ2) is 4.57. The van der Waals surface area contributed by atoms with E-state index in [1.807, 2.05) is 0 Å². The molecule has 0 aromatic heterocycles. The zero-order chi connectivity index (χ0) is 10.7. The van der Waals surface area contributed by atoms with Crippen molar-refractivity contribution in [1.82, 2.24) is 5.32 Å². The van der Waals surface area contributed by atoms with Crippen molar-refractivity contribution in [3.8, 4) is 0 Å². The average molecular weight is 212 g/mol. The first-order chi connectivity index (χ1) is 7.29. The third kappa shape index (κ3) is 2.45. The molecule has 1 heterocycles. The fourth-order valence-corrected chi connectivity index (χ4v) is 1.82. The van der Waals surface area contributed by atoms with Crippen molar-refractivity contribution >= 4 is 5.69 Å². The second-order valence-corrected chi connectivity index (χ2v) is 3.73. The number of anilines is 1. The molecule has 4 heteroatoms. The molecule has 1 aromatic rings. The van der Waals surface area contributed by atoms with E-state index in [9.17, 15) is 8.78 Å². The van der Waals surface area contributed by atoms with Crippen LogP contribution in [0.25, 0.3) is 0 Å². The van der Waals surface area contributed by atoms with Gasteiger partial charge in [0.25, 0.3) is 0 Å². The Morgan fingerprint density at radius 3 is 2.73 bits per heavy atom. The van der Waals surface area contributed by atoms with E-state index in [1.54, 1.807) is 12.1 Å². The predicted octanol–water partition coefficient (Wildman–Crippen LogP) is 1.57. The maximum atomic E-state index is 12.7. The number of benzene rings is 1. The van der Waals surface area contributed by atoms with Crippen LogP contribution in [0.15, 0.2) is 24.3 Å². The highest BCUT2D eigenvalue weighted by molar-refractivity contribution is 5.46. The highest BCUT2D eigenvalue weighted by Gasteiger charge is 2.18. The number of hydrogen-bond acceptors (Lipinski definition) is 2. The summed E-state index contributed by atoms with van der Waals surface area (Å²) in [5.74, 6) is -0.240. The average Bonchev–Trinajstić information content (AvgIpc) is 2.30. The molecule has 0 amide bonds. The summed E-state index contributed by atoms with van der Waals surface area (Å²) in [5.41, 5.74) is 0.955. The SMILES string of the molecule is FC[C@H]1CN(c2ccc(F)cc2)CCN1. The van der Waals surface area contributed by atoms with Crippen LogP contribution in [-0.4, -0.2) is 32.4 Å². The van der Waals surface area contributed by atoms with Gasteiger partial charge in [-0.1, -0.05) is 0 Å². The summed E-state index contributed by atoms with van der Waals surface area (Å²) in [6, 6.07) is 6.22. The van der Waals surface area contributed by atoms with E-state index in [0.29, 0.717) is 6.54 Å². The van der Waals surface area contributed by atoms with Gasteiger partial charge in [0.05, 0.1) is 6.04 Å². The molecule has 0 saturated carbocycles. The maximum Gasteiger partial charge on any atom is 0.123 e. The third-order valence-electron chi connectivity index (χ3n) is 2.63. The molecule has 15 heavy (non-hydrogen) atoms. The number of rotatable bonds is 2. The Morgan fingerprint density at radius 1 is 1.33 bits per heavy atom. The summed E-state index contributed by atoms with van der Waals surface area (Å²) in [5, 5.41) is 3.09. The Labute approximate surface area is 87.9 Å². The zero-order valence-electron chi connectivity index (χ0n) is 8.42. The molecule has 1 aliphatic rings. The molecule has 0 radical (unpaired) electrons. The molecule has 82 valence electrons. The predicted molar refractivity (Wildman–Crippen MR) is 56.4 cm³/mol. The summed E-state index contributed by atoms with van der Waals surface area (Å²) in [7, 11) is 0. The molecule has 1 fully saturated rings. The van der Waals surface area contributed by atoms with Gasteiger partial charge in [0.1, 0.15) is 12.5 Å². The van der Waals surface area contributed by atoms with Crippen molar-refractivity contribution in [2.45, 2.75) is 6.04 Å². The first-order valence-corrected chi connectivity index (χ1v) is 5.09. The van der Waals surface area contributed by atoms with E-state index >= 15 is 0 Å². The molecule has 1 saturated heterocycles. The van der Waals surface area contributed by atoms with Gasteiger partial charge in [0, 0.05) is 25.3 Å². The van der Waals surface area contributed by atoms with Gasteiger partial charge in [-0.05, 0) is 24.3 Å². The van der Waals surface area contributed by atoms with Crippen LogP contribution in [0.5, 0.6) is 0 Å². The van der Waals surface area contributed by atoms with Gasteiger partial charge in [-0.2, -0.15) is 0 Å². The minimum absolute atomic E-state index is 0.108. The van der Waals surface area contributed by atoms with Crippen molar-refractivity contribution in [3.05, 3.63) is 30.1 Å². The van der Waals surface area contributed by atoms with E-state index in [2.05, 4.69) is 10.2 Å². The van der Waals surface area contributed by atoms with E-state index in [0.717, 1.165) is 18.8 Å². The third-order valence-corrected chi connectivity index (χ3v) is 2.63. The van der Waals surface area contributed by atoms with Crippen molar-refractivity contribution in [3.63, 3.8) is 0 Å². The zero-order valence-corrected chi connectivity index (χ0v) is 8.42. The molecular formula is C11H14F2N2. The standard InChI is InChI=1S/C11H14F2N2/c12-7-10-8-15(6-5-14-10)11-3-1-9(13)2-4-11/h1-4,10,14H,5-8H2/t10-/m0/s1. The molecule has 1 aromatic carbocycles. The number of hydrogen-bond donors (Lipinski definition) is 1. The van der Waals surface area contributed by atoms with Crippen LogP contribution in [0.3, 0.4) is 0 Å². The van der Waals surface area contributed by atoms with E-state index in [-0.39, 0.29) is 18.5 Å². The van der Waals surface area contributed by atoms with Crippen LogP contribution in [0.4, 0.5) is 14.5 Å². The molecule has 0 unspecified atom stereocenters. The highest BCUT2D eigenvalue weighted by Crippen LogP contribution is 2.16. The molecule has 1 N–H and O–H groups in total. The fourth-order valence-electron chi connectivity index (χ4n) is 1.82. The Hall–Kier alpha value is -1.16. The smallest absolute Gasteiger partial charge is 0.123 e. The van der Waals surface area contributed by atoms with E-state index in [1.165, 1.54) is 12.1 Å². The molecule has 1 atom stereocenters. The molecule has 0 spiro atoms. The Morgan fingerprint density at radius 2 is 2.07 bits per heavy atom. The Bertz CT molecular complexity index is 313. The van der Waals surface area contributed by atoms with Gasteiger partial charge in [-0.25, -0.2) is 8.78 Å². The summed E-state index contributed by atoms with van der Waals surface area (Å²) in [6.45, 7) is 1.88. The monoisotopic (exact) mass is 212 g/mol. The van der Waals surface area contributed by atoms with Crippen LogP contribution < -0.4 is 10.2 Å². The van der Waals surface area contributed by atoms with Gasteiger partial charge in [-0.3, -0.25) is 0 Å². The fraction of sp³-hybridized carbons (Fsp3) is 0.455. The lowest BCUT2D eigenvalue weighted by Gasteiger charge is -2.34. The summed E-state index contributed by atoms with van der Waals surface area (Å²) in [4.78, 5) is 2.07. The molecule has 1 aliphatic heterocycles. The van der Waals surface area contributed by atoms with Gasteiger partial charge in [-0.15, -0.1) is 0 Å². The number of nitrogens with zero attached hydrogens (tertiary/aromatic N) is 1. The number of halogens is 2. The highest BCUT2D eigenvalue weighted by atomic mass is 19.1. The van der Waals surface area contributed by atoms with Gasteiger partial charge >= 0.3 is 0 Å². The largest absolute Gasteiger partial charge is 0.369 e. The van der Waals surface area contributed by atoms with Gasteiger partial charge < -0.3 is 10.2 Å². The lowest BCUT2D eigenvalue weighted by molar-refractivity contribution is 0.353. The van der Waals surface area contributed by atoms with Crippen LogP contribution in [0.1, 0.15) is 0 Å². The van der Waals surface area contributed by atoms with Crippen LogP contribution >= 0.6 is 0 Å². The minimum atomic E-state index is -0.363.